The Kier molecular flexibility index (Phi) is 4.61. The summed E-state index contributed by atoms with van der Waals surface area (Å²) in [5, 5.41) is 0. The van der Waals surface area contributed by atoms with Crippen LogP contribution in [0.25, 0.3) is 11.3 Å². The van der Waals surface area contributed by atoms with Crippen LogP contribution in [0.3, 0.4) is 0 Å². The number of benzene rings is 1. The fraction of sp³-hybridized carbons (Fsp3) is 0.353. The zero-order chi connectivity index (χ0) is 18.0. The molecule has 8 heteroatoms. The maximum atomic E-state index is 12.9. The van der Waals surface area contributed by atoms with Crippen molar-refractivity contribution in [2.75, 3.05) is 18.0 Å². The fourth-order valence-electron chi connectivity index (χ4n) is 2.80. The number of rotatable bonds is 3. The van der Waals surface area contributed by atoms with E-state index in [0.717, 1.165) is 44.5 Å². The van der Waals surface area contributed by atoms with Gasteiger partial charge in [0.05, 0.1) is 11.3 Å². The summed E-state index contributed by atoms with van der Waals surface area (Å²) in [5.74, 6) is -0.419. The first-order valence-electron chi connectivity index (χ1n) is 7.96. The van der Waals surface area contributed by atoms with Gasteiger partial charge in [-0.1, -0.05) is 12.1 Å². The van der Waals surface area contributed by atoms with Crippen LogP contribution in [-0.2, 0) is 6.18 Å². The molecule has 2 heterocycles. The molecule has 0 radical (unpaired) electrons. The number of halogens is 3. The summed E-state index contributed by atoms with van der Waals surface area (Å²) in [5.41, 5.74) is 5.05. The van der Waals surface area contributed by atoms with Gasteiger partial charge in [-0.3, -0.25) is 4.79 Å². The van der Waals surface area contributed by atoms with Gasteiger partial charge in [-0.15, -0.1) is 0 Å². The minimum Gasteiger partial charge on any atom is -0.364 e. The second kappa shape index (κ2) is 6.70. The van der Waals surface area contributed by atoms with E-state index in [1.54, 1.807) is 0 Å². The van der Waals surface area contributed by atoms with E-state index < -0.39 is 17.6 Å². The number of nitrogens with zero attached hydrogens (tertiary/aromatic N) is 3. The molecule has 25 heavy (non-hydrogen) atoms. The van der Waals surface area contributed by atoms with E-state index in [1.165, 1.54) is 18.2 Å². The molecule has 0 unspecified atom stereocenters. The van der Waals surface area contributed by atoms with E-state index in [0.29, 0.717) is 5.95 Å². The largest absolute Gasteiger partial charge is 0.416 e. The Morgan fingerprint density at radius 2 is 1.80 bits per heavy atom. The molecule has 1 aliphatic rings. The second-order valence-electron chi connectivity index (χ2n) is 5.93. The first kappa shape index (κ1) is 17.2. The summed E-state index contributed by atoms with van der Waals surface area (Å²) in [6, 6.07) is 6.15. The van der Waals surface area contributed by atoms with Crippen LogP contribution in [0.1, 0.15) is 35.3 Å². The van der Waals surface area contributed by atoms with Gasteiger partial charge in [0.2, 0.25) is 5.95 Å². The number of anilines is 1. The molecule has 1 aromatic heterocycles. The molecule has 1 aliphatic heterocycles. The molecule has 0 saturated carbocycles. The number of hydrogen-bond donors (Lipinski definition) is 1. The summed E-state index contributed by atoms with van der Waals surface area (Å²) >= 11 is 0. The van der Waals surface area contributed by atoms with Gasteiger partial charge in [0.1, 0.15) is 5.69 Å². The van der Waals surface area contributed by atoms with Gasteiger partial charge in [-0.25, -0.2) is 9.97 Å². The fourth-order valence-corrected chi connectivity index (χ4v) is 2.80. The van der Waals surface area contributed by atoms with Gasteiger partial charge in [0.15, 0.2) is 0 Å². The van der Waals surface area contributed by atoms with E-state index in [4.69, 9.17) is 5.73 Å². The monoisotopic (exact) mass is 350 g/mol. The quantitative estimate of drug-likeness (QED) is 0.922. The van der Waals surface area contributed by atoms with Crippen LogP contribution in [-0.4, -0.2) is 29.0 Å². The molecule has 1 fully saturated rings. The highest BCUT2D eigenvalue weighted by molar-refractivity contribution is 5.92. The minimum atomic E-state index is -4.45. The number of alkyl halides is 3. The van der Waals surface area contributed by atoms with E-state index in [2.05, 4.69) is 9.97 Å². The number of primary amides is 1. The molecular formula is C17H17F3N4O. The molecule has 0 aliphatic carbocycles. The zero-order valence-corrected chi connectivity index (χ0v) is 13.4. The summed E-state index contributed by atoms with van der Waals surface area (Å²) in [7, 11) is 0. The van der Waals surface area contributed by atoms with Gasteiger partial charge in [-0.2, -0.15) is 13.2 Å². The van der Waals surface area contributed by atoms with Crippen molar-refractivity contribution in [3.63, 3.8) is 0 Å². The summed E-state index contributed by atoms with van der Waals surface area (Å²) < 4.78 is 38.8. The van der Waals surface area contributed by atoms with Gasteiger partial charge in [0, 0.05) is 18.7 Å². The van der Waals surface area contributed by atoms with Crippen LogP contribution in [0.4, 0.5) is 19.1 Å². The van der Waals surface area contributed by atoms with E-state index in [9.17, 15) is 18.0 Å². The number of hydrogen-bond acceptors (Lipinski definition) is 4. The van der Waals surface area contributed by atoms with Crippen LogP contribution < -0.4 is 10.6 Å². The molecule has 0 bridgehead atoms. The Hall–Kier alpha value is -2.64. The number of carbonyl (C=O) groups excluding carboxylic acids is 1. The third-order valence-corrected chi connectivity index (χ3v) is 4.09. The van der Waals surface area contributed by atoms with Crippen LogP contribution in [0, 0.1) is 0 Å². The lowest BCUT2D eigenvalue weighted by Gasteiger charge is -2.27. The van der Waals surface area contributed by atoms with Crippen LogP contribution in [0.2, 0.25) is 0 Å². The number of amides is 1. The van der Waals surface area contributed by atoms with Crippen molar-refractivity contribution < 1.29 is 18.0 Å². The van der Waals surface area contributed by atoms with Crippen LogP contribution in [0.15, 0.2) is 30.3 Å². The van der Waals surface area contributed by atoms with E-state index >= 15 is 0 Å². The lowest BCUT2D eigenvalue weighted by atomic mass is 10.1. The molecule has 1 saturated heterocycles. The zero-order valence-electron chi connectivity index (χ0n) is 13.4. The maximum absolute atomic E-state index is 12.9. The van der Waals surface area contributed by atoms with Crippen molar-refractivity contribution >= 4 is 11.9 Å². The van der Waals surface area contributed by atoms with Crippen LogP contribution >= 0.6 is 0 Å². The Bertz CT molecular complexity index is 786. The predicted molar refractivity (Wildman–Crippen MR) is 87.1 cm³/mol. The molecule has 1 amide bonds. The highest BCUT2D eigenvalue weighted by Gasteiger charge is 2.30. The maximum Gasteiger partial charge on any atom is 0.416 e. The Morgan fingerprint density at radius 3 is 2.44 bits per heavy atom. The van der Waals surface area contributed by atoms with Gasteiger partial charge < -0.3 is 10.6 Å². The minimum absolute atomic E-state index is 0.0111. The highest BCUT2D eigenvalue weighted by atomic mass is 19.4. The number of aromatic nitrogens is 2. The molecule has 2 N–H and O–H groups in total. The molecular weight excluding hydrogens is 333 g/mol. The third-order valence-electron chi connectivity index (χ3n) is 4.09. The van der Waals surface area contributed by atoms with E-state index in [-0.39, 0.29) is 17.0 Å². The Balaban J connectivity index is 2.06. The molecule has 2 aromatic rings. The Labute approximate surface area is 142 Å². The lowest BCUT2D eigenvalue weighted by Crippen LogP contribution is -2.31. The highest BCUT2D eigenvalue weighted by Crippen LogP contribution is 2.32. The van der Waals surface area contributed by atoms with Crippen molar-refractivity contribution in [3.8, 4) is 11.3 Å². The molecule has 0 atom stereocenters. The van der Waals surface area contributed by atoms with E-state index in [1.807, 2.05) is 4.90 Å². The standard InChI is InChI=1S/C17H17F3N4O/c18-17(19,20)12-6-4-5-11(9-12)13-10-14(15(21)25)23-16(22-13)24-7-2-1-3-8-24/h4-6,9-10H,1-3,7-8H2,(H2,21,25). The topological polar surface area (TPSA) is 72.1 Å². The van der Waals surface area contributed by atoms with Gasteiger partial charge >= 0.3 is 6.18 Å². The Morgan fingerprint density at radius 1 is 1.08 bits per heavy atom. The van der Waals surface area contributed by atoms with Crippen LogP contribution in [0.5, 0.6) is 0 Å². The van der Waals surface area contributed by atoms with Crippen molar-refractivity contribution in [2.24, 2.45) is 5.73 Å². The number of nitrogens with two attached hydrogens (primary N) is 1. The SMILES string of the molecule is NC(=O)c1cc(-c2cccc(C(F)(F)F)c2)nc(N2CCCCC2)n1. The molecule has 132 valence electrons. The van der Waals surface area contributed by atoms with Crippen molar-refractivity contribution in [3.05, 3.63) is 41.6 Å². The third kappa shape index (κ3) is 3.89. The first-order valence-corrected chi connectivity index (χ1v) is 7.96. The number of carbonyl (C=O) groups is 1. The lowest BCUT2D eigenvalue weighted by molar-refractivity contribution is -0.137. The predicted octanol–water partition coefficient (Wildman–Crippen LogP) is 3.25. The number of piperidine rings is 1. The molecule has 0 spiro atoms. The average molecular weight is 350 g/mol. The average Bonchev–Trinajstić information content (AvgIpc) is 2.61. The normalized spacial score (nSPS) is 15.2. The molecule has 1 aromatic carbocycles. The second-order valence-corrected chi connectivity index (χ2v) is 5.93. The molecule has 5 nitrogen and oxygen atoms in total. The summed E-state index contributed by atoms with van der Waals surface area (Å²) in [6.45, 7) is 1.48. The van der Waals surface area contributed by atoms with Crippen molar-refractivity contribution in [1.82, 2.24) is 9.97 Å². The van der Waals surface area contributed by atoms with Gasteiger partial charge in [-0.05, 0) is 37.5 Å². The van der Waals surface area contributed by atoms with Gasteiger partial charge in [0.25, 0.3) is 5.91 Å². The van der Waals surface area contributed by atoms with Crippen molar-refractivity contribution in [1.29, 1.82) is 0 Å². The summed E-state index contributed by atoms with van der Waals surface area (Å²) in [4.78, 5) is 22.0. The summed E-state index contributed by atoms with van der Waals surface area (Å²) in [6.07, 6.45) is -1.40. The first-order chi connectivity index (χ1) is 11.8. The van der Waals surface area contributed by atoms with Crippen molar-refractivity contribution in [2.45, 2.75) is 25.4 Å². The molecule has 3 rings (SSSR count). The smallest absolute Gasteiger partial charge is 0.364 e.